The molecule has 2 N–H and O–H groups in total. The monoisotopic (exact) mass is 518 g/mol. The number of carboxylic acids is 1. The molecule has 0 fully saturated rings. The number of rotatable bonds is 11. The van der Waals surface area contributed by atoms with Crippen molar-refractivity contribution in [1.29, 1.82) is 0 Å². The van der Waals surface area contributed by atoms with Gasteiger partial charge in [-0.3, -0.25) is 4.79 Å². The molecule has 1 heterocycles. The highest BCUT2D eigenvalue weighted by Gasteiger charge is 2.23. The van der Waals surface area contributed by atoms with Crippen LogP contribution in [0.25, 0.3) is 10.9 Å². The van der Waals surface area contributed by atoms with Gasteiger partial charge in [0.05, 0.1) is 29.8 Å². The van der Waals surface area contributed by atoms with E-state index in [-0.39, 0.29) is 29.4 Å². The minimum atomic E-state index is -1.36. The molecule has 0 aliphatic heterocycles. The van der Waals surface area contributed by atoms with E-state index in [0.717, 1.165) is 13.0 Å². The second kappa shape index (κ2) is 11.9. The van der Waals surface area contributed by atoms with Crippen molar-refractivity contribution in [3.05, 3.63) is 74.3 Å². The van der Waals surface area contributed by atoms with Crippen LogP contribution in [0, 0.1) is 11.7 Å². The van der Waals surface area contributed by atoms with Crippen molar-refractivity contribution in [1.82, 2.24) is 9.47 Å². The molecule has 0 saturated carbocycles. The van der Waals surface area contributed by atoms with Crippen LogP contribution in [0.5, 0.6) is 5.75 Å². The van der Waals surface area contributed by atoms with Crippen LogP contribution in [-0.4, -0.2) is 59.5 Å². The van der Waals surface area contributed by atoms with E-state index < -0.39 is 28.8 Å². The Morgan fingerprint density at radius 2 is 1.94 bits per heavy atom. The minimum absolute atomic E-state index is 0.0139. The molecule has 7 nitrogen and oxygen atoms in total. The molecule has 0 amide bonds. The molecule has 0 saturated heterocycles. The van der Waals surface area contributed by atoms with Crippen LogP contribution in [0.15, 0.2) is 41.3 Å². The Kier molecular flexibility index (Phi) is 9.11. The summed E-state index contributed by atoms with van der Waals surface area (Å²) >= 11 is 5.98. The lowest BCUT2D eigenvalue weighted by Crippen LogP contribution is -2.25. The van der Waals surface area contributed by atoms with E-state index in [1.165, 1.54) is 12.3 Å². The van der Waals surface area contributed by atoms with Crippen LogP contribution in [-0.2, 0) is 6.42 Å². The van der Waals surface area contributed by atoms with Crippen molar-refractivity contribution >= 4 is 28.5 Å². The van der Waals surface area contributed by atoms with Gasteiger partial charge in [0.25, 0.3) is 0 Å². The summed E-state index contributed by atoms with van der Waals surface area (Å²) in [6.45, 7) is 4.75. The molecule has 3 aromatic rings. The number of hydrogen-bond acceptors (Lipinski definition) is 5. The lowest BCUT2D eigenvalue weighted by Gasteiger charge is -2.25. The van der Waals surface area contributed by atoms with E-state index in [1.807, 2.05) is 32.8 Å². The van der Waals surface area contributed by atoms with E-state index in [0.29, 0.717) is 29.0 Å². The summed E-state index contributed by atoms with van der Waals surface area (Å²) in [4.78, 5) is 27.1. The average Bonchev–Trinajstić information content (AvgIpc) is 2.81. The molecule has 0 aliphatic rings. The minimum Gasteiger partial charge on any atom is -0.493 e. The fraction of sp³-hybridized carbons (Fsp3) is 0.407. The Balaban J connectivity index is 2.25. The summed E-state index contributed by atoms with van der Waals surface area (Å²) < 4.78 is 22.5. The lowest BCUT2D eigenvalue weighted by atomic mass is 9.98. The number of hydrogen-bond donors (Lipinski definition) is 2. The smallest absolute Gasteiger partial charge is 0.341 e. The Labute approximate surface area is 214 Å². The Morgan fingerprint density at radius 1 is 1.22 bits per heavy atom. The summed E-state index contributed by atoms with van der Waals surface area (Å²) in [7, 11) is 3.92. The number of halogens is 2. The van der Waals surface area contributed by atoms with Crippen molar-refractivity contribution in [3.63, 3.8) is 0 Å². The number of fused-ring (bicyclic) bond motifs is 1. The molecule has 0 unspecified atom stereocenters. The van der Waals surface area contributed by atoms with E-state index in [1.54, 1.807) is 28.8 Å². The molecule has 1 atom stereocenters. The predicted molar refractivity (Wildman–Crippen MR) is 139 cm³/mol. The number of aromatic nitrogens is 1. The van der Waals surface area contributed by atoms with Gasteiger partial charge in [0.2, 0.25) is 5.43 Å². The third-order valence-electron chi connectivity index (χ3n) is 6.18. The average molecular weight is 519 g/mol. The van der Waals surface area contributed by atoms with Gasteiger partial charge in [0, 0.05) is 30.6 Å². The molecule has 36 heavy (non-hydrogen) atoms. The largest absolute Gasteiger partial charge is 0.493 e. The van der Waals surface area contributed by atoms with E-state index in [2.05, 4.69) is 0 Å². The number of ether oxygens (including phenoxy) is 1. The third kappa shape index (κ3) is 6.06. The van der Waals surface area contributed by atoms with Crippen molar-refractivity contribution in [3.8, 4) is 5.75 Å². The number of aliphatic hydroxyl groups excluding tert-OH is 1. The maximum Gasteiger partial charge on any atom is 0.341 e. The number of pyridine rings is 1. The van der Waals surface area contributed by atoms with Gasteiger partial charge >= 0.3 is 5.97 Å². The Hall–Kier alpha value is -2.94. The number of aliphatic hydroxyl groups is 1. The SMILES string of the molecule is CC(C)[C@@H](CO)n1cc(C(=O)O)c(=O)c2cc(Cc3cccc(Cl)c3F)c(OCCCN(C)C)cc21. The van der Waals surface area contributed by atoms with Crippen LogP contribution < -0.4 is 10.2 Å². The zero-order valence-electron chi connectivity index (χ0n) is 20.9. The standard InChI is InChI=1S/C27H32ClFN2O5/c1-16(2)23(15-32)31-14-20(27(34)35)26(33)19-12-18(11-17-7-5-8-21(28)25(17)29)24(13-22(19)31)36-10-6-9-30(3)4/h5,7-8,12-14,16,23,32H,6,9-11,15H2,1-4H3,(H,34,35)/t23-/m1/s1. The van der Waals surface area contributed by atoms with Gasteiger partial charge in [0.15, 0.2) is 0 Å². The van der Waals surface area contributed by atoms with Crippen molar-refractivity contribution < 1.29 is 24.1 Å². The van der Waals surface area contributed by atoms with Gasteiger partial charge in [-0.05, 0) is 49.7 Å². The van der Waals surface area contributed by atoms with Crippen LogP contribution in [0.2, 0.25) is 5.02 Å². The predicted octanol–water partition coefficient (Wildman–Crippen LogP) is 4.60. The highest BCUT2D eigenvalue weighted by atomic mass is 35.5. The molecule has 3 rings (SSSR count). The van der Waals surface area contributed by atoms with Gasteiger partial charge in [-0.25, -0.2) is 9.18 Å². The first-order valence-corrected chi connectivity index (χ1v) is 12.2. The first-order valence-electron chi connectivity index (χ1n) is 11.8. The number of carboxylic acid groups (broad SMARTS) is 1. The third-order valence-corrected chi connectivity index (χ3v) is 6.47. The van der Waals surface area contributed by atoms with Crippen LogP contribution >= 0.6 is 11.6 Å². The number of carbonyl (C=O) groups is 1. The first kappa shape index (κ1) is 27.6. The summed E-state index contributed by atoms with van der Waals surface area (Å²) in [5, 5.41) is 19.9. The van der Waals surface area contributed by atoms with Gasteiger partial charge in [-0.2, -0.15) is 0 Å². The zero-order chi connectivity index (χ0) is 26.6. The van der Waals surface area contributed by atoms with Crippen LogP contribution in [0.1, 0.15) is 47.8 Å². The molecule has 194 valence electrons. The molecule has 0 bridgehead atoms. The highest BCUT2D eigenvalue weighted by Crippen LogP contribution is 2.32. The van der Waals surface area contributed by atoms with E-state index in [9.17, 15) is 24.2 Å². The topological polar surface area (TPSA) is 92.0 Å². The summed E-state index contributed by atoms with van der Waals surface area (Å²) in [5.41, 5.74) is 0.243. The van der Waals surface area contributed by atoms with Gasteiger partial charge in [-0.15, -0.1) is 0 Å². The maximum absolute atomic E-state index is 14.7. The van der Waals surface area contributed by atoms with E-state index in [4.69, 9.17) is 16.3 Å². The Morgan fingerprint density at radius 3 is 2.56 bits per heavy atom. The number of nitrogens with zero attached hydrogens (tertiary/aromatic N) is 2. The quantitative estimate of drug-likeness (QED) is 0.360. The number of benzene rings is 2. The molecule has 0 radical (unpaired) electrons. The van der Waals surface area contributed by atoms with Gasteiger partial charge in [0.1, 0.15) is 17.1 Å². The molecule has 9 heteroatoms. The Bertz CT molecular complexity index is 1310. The van der Waals surface area contributed by atoms with E-state index >= 15 is 0 Å². The lowest BCUT2D eigenvalue weighted by molar-refractivity contribution is 0.0694. The molecular formula is C27H32ClFN2O5. The second-order valence-electron chi connectivity index (χ2n) is 9.45. The van der Waals surface area contributed by atoms with Crippen molar-refractivity contribution in [2.45, 2.75) is 32.7 Å². The molecule has 1 aromatic heterocycles. The van der Waals surface area contributed by atoms with Crippen molar-refractivity contribution in [2.24, 2.45) is 5.92 Å². The summed E-state index contributed by atoms with van der Waals surface area (Å²) in [5.74, 6) is -1.51. The molecule has 0 spiro atoms. The van der Waals surface area contributed by atoms with Crippen LogP contribution in [0.4, 0.5) is 4.39 Å². The van der Waals surface area contributed by atoms with Gasteiger partial charge in [-0.1, -0.05) is 37.6 Å². The molecule has 2 aromatic carbocycles. The highest BCUT2D eigenvalue weighted by molar-refractivity contribution is 6.30. The molecule has 0 aliphatic carbocycles. The van der Waals surface area contributed by atoms with Gasteiger partial charge < -0.3 is 24.4 Å². The van der Waals surface area contributed by atoms with Crippen molar-refractivity contribution in [2.75, 3.05) is 33.9 Å². The normalized spacial score (nSPS) is 12.5. The fourth-order valence-electron chi connectivity index (χ4n) is 4.19. The number of aromatic carboxylic acids is 1. The fourth-order valence-corrected chi connectivity index (χ4v) is 4.39. The zero-order valence-corrected chi connectivity index (χ0v) is 21.7. The maximum atomic E-state index is 14.7. The summed E-state index contributed by atoms with van der Waals surface area (Å²) in [6, 6.07) is 7.48. The summed E-state index contributed by atoms with van der Waals surface area (Å²) in [6.07, 6.45) is 2.11. The second-order valence-corrected chi connectivity index (χ2v) is 9.86. The van der Waals surface area contributed by atoms with Crippen LogP contribution in [0.3, 0.4) is 0 Å². The first-order chi connectivity index (χ1) is 17.0. The molecular weight excluding hydrogens is 487 g/mol.